The second-order valence-corrected chi connectivity index (χ2v) is 20.2. The van der Waals surface area contributed by atoms with Crippen molar-refractivity contribution >= 4 is 44.6 Å². The van der Waals surface area contributed by atoms with Gasteiger partial charge in [-0.25, -0.2) is 18.2 Å². The summed E-state index contributed by atoms with van der Waals surface area (Å²) in [7, 11) is -4.12. The molecule has 0 unspecified atom stereocenters. The molecule has 1 aromatic carbocycles. The van der Waals surface area contributed by atoms with Crippen molar-refractivity contribution in [2.75, 3.05) is 13.2 Å². The number of carbonyl (C=O) groups is 4. The van der Waals surface area contributed by atoms with Gasteiger partial charge in [-0.3, -0.25) is 24.0 Å². The first-order valence-electron chi connectivity index (χ1n) is 20.8. The predicted octanol–water partition coefficient (Wildman–Crippen LogP) is 5.87. The number of pyridine rings is 1. The van der Waals surface area contributed by atoms with Crippen LogP contribution in [0.15, 0.2) is 36.5 Å². The molecule has 18 heteroatoms. The summed E-state index contributed by atoms with van der Waals surface area (Å²) in [6.07, 6.45) is 0.667. The molecule has 328 valence electrons. The highest BCUT2D eigenvalue weighted by molar-refractivity contribution is 7.91. The van der Waals surface area contributed by atoms with Crippen molar-refractivity contribution in [3.8, 4) is 11.6 Å². The number of fused-ring (bicyclic) bond motifs is 5. The fourth-order valence-corrected chi connectivity index (χ4v) is 10.4. The number of nitrogens with zero attached hydrogens (tertiary/aromatic N) is 3. The first kappa shape index (κ1) is 43.5. The van der Waals surface area contributed by atoms with Crippen LogP contribution in [0.25, 0.3) is 10.8 Å². The van der Waals surface area contributed by atoms with E-state index in [1.165, 1.54) is 13.1 Å². The molecule has 2 saturated carbocycles. The van der Waals surface area contributed by atoms with Gasteiger partial charge in [0.2, 0.25) is 27.7 Å². The summed E-state index contributed by atoms with van der Waals surface area (Å²) >= 11 is 0. The molecule has 3 aliphatic heterocycles. The summed E-state index contributed by atoms with van der Waals surface area (Å²) < 4.78 is 84.5. The number of sulfonamides is 1. The number of hydrogen-bond acceptors (Lipinski definition) is 9. The van der Waals surface area contributed by atoms with E-state index in [4.69, 9.17) is 9.47 Å². The van der Waals surface area contributed by atoms with E-state index in [0.29, 0.717) is 57.3 Å². The maximum Gasteiger partial charge on any atom is 0.411 e. The molecule has 0 spiro atoms. The number of benzene rings is 1. The van der Waals surface area contributed by atoms with Gasteiger partial charge in [0, 0.05) is 29.3 Å². The van der Waals surface area contributed by atoms with Crippen LogP contribution in [0.5, 0.6) is 11.6 Å². The van der Waals surface area contributed by atoms with Gasteiger partial charge in [0.15, 0.2) is 0 Å². The summed E-state index contributed by atoms with van der Waals surface area (Å²) in [5, 5.41) is 14.7. The maximum atomic E-state index is 15.2. The van der Waals surface area contributed by atoms with Crippen molar-refractivity contribution in [3.05, 3.63) is 42.1 Å². The molecule has 3 fully saturated rings. The Balaban J connectivity index is 1.30. The summed E-state index contributed by atoms with van der Waals surface area (Å²) in [4.78, 5) is 62.7. The quantitative estimate of drug-likeness (QED) is 0.271. The molecule has 5 aliphatic rings. The van der Waals surface area contributed by atoms with Crippen molar-refractivity contribution < 1.29 is 55.3 Å². The van der Waals surface area contributed by atoms with E-state index < -0.39 is 85.9 Å². The van der Waals surface area contributed by atoms with Gasteiger partial charge < -0.3 is 24.8 Å². The lowest BCUT2D eigenvalue weighted by molar-refractivity contribution is -0.222. The lowest BCUT2D eigenvalue weighted by Crippen LogP contribution is -2.66. The van der Waals surface area contributed by atoms with Gasteiger partial charge in [-0.05, 0) is 102 Å². The molecule has 7 rings (SSSR count). The molecular weight excluding hydrogens is 808 g/mol. The Morgan fingerprint density at radius 2 is 1.88 bits per heavy atom. The van der Waals surface area contributed by atoms with Crippen LogP contribution in [-0.2, 0) is 30.8 Å². The summed E-state index contributed by atoms with van der Waals surface area (Å²) in [5.41, 5.74) is -3.73. The Labute approximate surface area is 347 Å². The third kappa shape index (κ3) is 7.88. The van der Waals surface area contributed by atoms with Gasteiger partial charge in [-0.1, -0.05) is 38.5 Å². The van der Waals surface area contributed by atoms with E-state index in [-0.39, 0.29) is 48.9 Å². The standard InChI is InChI=1S/C42H54F3N5O9S/c1-6-25-20-24(2)10-7-8-12-27-22-41(27,37(53)48-60(56,57)40(5)16-17-40)47-34(51)31-21-28(23-49(31)36(52)32(25)50(38(54)55)39(3,4)42(43,44)45)59-35-30-14-13-26-11-9-19-58-33(26)29(30)15-18-46-35/h8,12-15,18,24-25,27-28,31-32H,6-7,9-11,16-17,19-23H2,1-5H3,(H,47,51)(H,48,53)(H,54,55)/b12-8-/t24-,25+,27+,28+,31-,32-,41+/m0/s1. The minimum Gasteiger partial charge on any atom is -0.493 e. The molecule has 7 atom stereocenters. The minimum absolute atomic E-state index is 0.0584. The Bertz CT molecular complexity index is 2200. The van der Waals surface area contributed by atoms with Crippen LogP contribution >= 0.6 is 0 Å². The van der Waals surface area contributed by atoms with Crippen LogP contribution in [0.4, 0.5) is 18.0 Å². The first-order chi connectivity index (χ1) is 28.1. The summed E-state index contributed by atoms with van der Waals surface area (Å²) in [6, 6.07) is 2.19. The highest BCUT2D eigenvalue weighted by Gasteiger charge is 2.64. The molecule has 4 heterocycles. The number of ether oxygens (including phenoxy) is 2. The lowest BCUT2D eigenvalue weighted by Gasteiger charge is -2.46. The van der Waals surface area contributed by atoms with Crippen LogP contribution in [-0.4, -0.2) is 105 Å². The molecule has 0 radical (unpaired) electrons. The molecule has 14 nitrogen and oxygen atoms in total. The number of amides is 4. The number of alkyl halides is 3. The monoisotopic (exact) mass is 861 g/mol. The number of aromatic nitrogens is 1. The minimum atomic E-state index is -5.09. The van der Waals surface area contributed by atoms with Crippen molar-refractivity contribution in [2.24, 2.45) is 17.8 Å². The van der Waals surface area contributed by atoms with E-state index in [1.54, 1.807) is 19.1 Å². The smallest absolute Gasteiger partial charge is 0.411 e. The van der Waals surface area contributed by atoms with E-state index in [1.807, 2.05) is 25.1 Å². The van der Waals surface area contributed by atoms with Gasteiger partial charge in [0.1, 0.15) is 35.0 Å². The van der Waals surface area contributed by atoms with Crippen LogP contribution in [0, 0.1) is 17.8 Å². The molecule has 1 saturated heterocycles. The molecular formula is C42H54F3N5O9S. The van der Waals surface area contributed by atoms with Crippen molar-refractivity contribution in [2.45, 2.75) is 139 Å². The average molecular weight is 862 g/mol. The Morgan fingerprint density at radius 3 is 2.55 bits per heavy atom. The second-order valence-electron chi connectivity index (χ2n) is 18.0. The van der Waals surface area contributed by atoms with E-state index in [0.717, 1.165) is 28.7 Å². The molecule has 1 aromatic heterocycles. The number of halogens is 3. The lowest BCUT2D eigenvalue weighted by atomic mass is 9.82. The van der Waals surface area contributed by atoms with Crippen LogP contribution in [0.3, 0.4) is 0 Å². The van der Waals surface area contributed by atoms with Crippen LogP contribution in [0.1, 0.15) is 98.0 Å². The molecule has 0 bridgehead atoms. The second kappa shape index (κ2) is 15.7. The fraction of sp³-hybridized carbons (Fsp3) is 0.643. The van der Waals surface area contributed by atoms with E-state index >= 15 is 4.79 Å². The van der Waals surface area contributed by atoms with Crippen LogP contribution in [0.2, 0.25) is 0 Å². The van der Waals surface area contributed by atoms with Crippen molar-refractivity contribution in [1.29, 1.82) is 0 Å². The van der Waals surface area contributed by atoms with Crippen molar-refractivity contribution in [3.63, 3.8) is 0 Å². The maximum absolute atomic E-state index is 15.2. The van der Waals surface area contributed by atoms with Gasteiger partial charge in [-0.2, -0.15) is 13.2 Å². The summed E-state index contributed by atoms with van der Waals surface area (Å²) in [5.74, 6) is -3.63. The van der Waals surface area contributed by atoms with Gasteiger partial charge >= 0.3 is 12.3 Å². The van der Waals surface area contributed by atoms with Crippen molar-refractivity contribution in [1.82, 2.24) is 24.8 Å². The number of hydrogen-bond donors (Lipinski definition) is 3. The largest absolute Gasteiger partial charge is 0.493 e. The van der Waals surface area contributed by atoms with E-state index in [9.17, 15) is 41.1 Å². The van der Waals surface area contributed by atoms with Gasteiger partial charge in [0.05, 0.1) is 17.9 Å². The highest BCUT2D eigenvalue weighted by atomic mass is 32.2. The van der Waals surface area contributed by atoms with Gasteiger partial charge in [-0.15, -0.1) is 0 Å². The number of allylic oxidation sites excluding steroid dienone is 1. The third-order valence-electron chi connectivity index (χ3n) is 13.4. The number of nitrogens with one attached hydrogen (secondary N) is 2. The zero-order valence-electron chi connectivity index (χ0n) is 34.5. The van der Waals surface area contributed by atoms with E-state index in [2.05, 4.69) is 15.0 Å². The Morgan fingerprint density at radius 1 is 1.15 bits per heavy atom. The topological polar surface area (TPSA) is 185 Å². The predicted molar refractivity (Wildman–Crippen MR) is 213 cm³/mol. The summed E-state index contributed by atoms with van der Waals surface area (Å²) in [6.45, 7) is 6.70. The molecule has 3 N–H and O–H groups in total. The van der Waals surface area contributed by atoms with Crippen LogP contribution < -0.4 is 19.5 Å². The number of carboxylic acid groups (broad SMARTS) is 1. The normalized spacial score (nSPS) is 30.0. The third-order valence-corrected chi connectivity index (χ3v) is 15.6. The zero-order chi connectivity index (χ0) is 43.6. The van der Waals surface area contributed by atoms with Gasteiger partial charge in [0.25, 0.3) is 5.91 Å². The first-order valence-corrected chi connectivity index (χ1v) is 22.3. The fourth-order valence-electron chi connectivity index (χ4n) is 9.07. The molecule has 4 amide bonds. The number of carbonyl (C=O) groups excluding carboxylic acids is 3. The molecule has 2 aliphatic carbocycles. The number of rotatable bonds is 8. The molecule has 2 aromatic rings. The average Bonchev–Trinajstić information content (AvgIpc) is 4.06. The Hall–Kier alpha value is -4.61. The highest BCUT2D eigenvalue weighted by Crippen LogP contribution is 2.48. The molecule has 60 heavy (non-hydrogen) atoms. The Kier molecular flexibility index (Phi) is 11.4. The number of aryl methyl sites for hydroxylation is 1. The zero-order valence-corrected chi connectivity index (χ0v) is 35.3. The SMILES string of the molecule is CC[C@@H]1C[C@@H](C)CC/C=C\[C@@H]2C[C@@]2(C(=O)NS(=O)(=O)C2(C)CC2)NC(=O)[C@@H]2C[C@@H](Oc3nccc4c5c(ccc34)CCCO5)CN2C(=O)[C@H]1N(C(=O)O)C(C)(C)C(F)(F)F.